The fraction of sp³-hybridized carbons (Fsp3) is 0.647. The van der Waals surface area contributed by atoms with Gasteiger partial charge in [-0.15, -0.1) is 0 Å². The van der Waals surface area contributed by atoms with Crippen LogP contribution in [0.25, 0.3) is 0 Å². The van der Waals surface area contributed by atoms with Gasteiger partial charge in [-0.1, -0.05) is 18.5 Å². The molecule has 1 saturated heterocycles. The van der Waals surface area contributed by atoms with Gasteiger partial charge in [-0.25, -0.2) is 0 Å². The normalized spacial score (nSPS) is 21.4. The topological polar surface area (TPSA) is 24.5 Å². The Morgan fingerprint density at radius 3 is 3.10 bits per heavy atom. The van der Waals surface area contributed by atoms with Crippen LogP contribution >= 0.6 is 11.6 Å². The average Bonchev–Trinajstić information content (AvgIpc) is 2.96. The van der Waals surface area contributed by atoms with Crippen LogP contribution in [0.3, 0.4) is 0 Å². The summed E-state index contributed by atoms with van der Waals surface area (Å²) >= 11 is 6.29. The quantitative estimate of drug-likeness (QED) is 0.904. The molecule has 4 heteroatoms. The monoisotopic (exact) mass is 308 g/mol. The number of piperidine rings is 1. The van der Waals surface area contributed by atoms with Gasteiger partial charge in [0.2, 0.25) is 0 Å². The molecule has 0 bridgehead atoms. The van der Waals surface area contributed by atoms with Gasteiger partial charge in [0.25, 0.3) is 0 Å². The highest BCUT2D eigenvalue weighted by Crippen LogP contribution is 2.34. The summed E-state index contributed by atoms with van der Waals surface area (Å²) in [7, 11) is 0. The first-order valence-corrected chi connectivity index (χ1v) is 8.54. The van der Waals surface area contributed by atoms with Gasteiger partial charge < -0.3 is 10.1 Å². The molecule has 3 nitrogen and oxygen atoms in total. The van der Waals surface area contributed by atoms with Crippen molar-refractivity contribution in [3.05, 3.63) is 28.3 Å². The largest absolute Gasteiger partial charge is 0.493 e. The first kappa shape index (κ1) is 15.1. The van der Waals surface area contributed by atoms with Gasteiger partial charge >= 0.3 is 0 Å². The highest BCUT2D eigenvalue weighted by Gasteiger charge is 2.24. The fourth-order valence-electron chi connectivity index (χ4n) is 3.51. The van der Waals surface area contributed by atoms with Crippen LogP contribution in [-0.2, 0) is 13.0 Å². The van der Waals surface area contributed by atoms with Crippen LogP contribution in [0.1, 0.15) is 37.3 Å². The van der Waals surface area contributed by atoms with E-state index >= 15 is 0 Å². The number of rotatable bonds is 5. The van der Waals surface area contributed by atoms with Gasteiger partial charge in [0.15, 0.2) is 0 Å². The standard InChI is InChI=1S/C17H25ClN2O/c1-2-7-20(16-4-3-6-19-11-16)12-14-10-15(18)9-13-5-8-21-17(13)14/h9-10,16,19H,2-8,11-12H2,1H3. The second-order valence-electron chi connectivity index (χ2n) is 6.12. The van der Waals surface area contributed by atoms with Gasteiger partial charge in [0.05, 0.1) is 6.61 Å². The molecule has 0 aliphatic carbocycles. The molecule has 1 aromatic rings. The zero-order valence-electron chi connectivity index (χ0n) is 12.8. The smallest absolute Gasteiger partial charge is 0.127 e. The SMILES string of the molecule is CCCN(Cc1cc(Cl)cc2c1OCC2)C1CCCNC1. The van der Waals surface area contributed by atoms with Gasteiger partial charge in [0.1, 0.15) is 5.75 Å². The maximum atomic E-state index is 6.29. The molecule has 116 valence electrons. The Hall–Kier alpha value is -0.770. The van der Waals surface area contributed by atoms with Crippen LogP contribution < -0.4 is 10.1 Å². The first-order chi connectivity index (χ1) is 10.3. The van der Waals surface area contributed by atoms with Gasteiger partial charge in [0, 0.05) is 36.1 Å². The summed E-state index contributed by atoms with van der Waals surface area (Å²) < 4.78 is 5.85. The van der Waals surface area contributed by atoms with E-state index in [0.717, 1.165) is 50.0 Å². The van der Waals surface area contributed by atoms with E-state index in [4.69, 9.17) is 16.3 Å². The molecule has 0 aromatic heterocycles. The molecule has 0 radical (unpaired) electrons. The summed E-state index contributed by atoms with van der Waals surface area (Å²) in [5.74, 6) is 1.09. The van der Waals surface area contributed by atoms with Crippen molar-refractivity contribution in [1.82, 2.24) is 10.2 Å². The Balaban J connectivity index is 1.79. The van der Waals surface area contributed by atoms with E-state index in [-0.39, 0.29) is 0 Å². The lowest BCUT2D eigenvalue weighted by molar-refractivity contribution is 0.156. The molecule has 2 aliphatic heterocycles. The summed E-state index contributed by atoms with van der Waals surface area (Å²) in [6, 6.07) is 4.78. The van der Waals surface area contributed by atoms with Crippen molar-refractivity contribution < 1.29 is 4.74 Å². The summed E-state index contributed by atoms with van der Waals surface area (Å²) in [4.78, 5) is 2.60. The fourth-order valence-corrected chi connectivity index (χ4v) is 3.77. The van der Waals surface area contributed by atoms with Crippen LogP contribution in [0, 0.1) is 0 Å². The number of halogens is 1. The van der Waals surface area contributed by atoms with E-state index in [1.165, 1.54) is 30.4 Å². The molecule has 0 amide bonds. The van der Waals surface area contributed by atoms with E-state index < -0.39 is 0 Å². The number of nitrogens with one attached hydrogen (secondary N) is 1. The van der Waals surface area contributed by atoms with E-state index in [0.29, 0.717) is 6.04 Å². The van der Waals surface area contributed by atoms with Crippen molar-refractivity contribution >= 4 is 11.6 Å². The summed E-state index contributed by atoms with van der Waals surface area (Å²) in [5, 5.41) is 4.36. The minimum Gasteiger partial charge on any atom is -0.493 e. The predicted molar refractivity (Wildman–Crippen MR) is 87.2 cm³/mol. The van der Waals surface area contributed by atoms with Crippen LogP contribution in [-0.4, -0.2) is 37.2 Å². The predicted octanol–water partition coefficient (Wildman–Crippen LogP) is 3.24. The molecule has 1 atom stereocenters. The third-order valence-corrected chi connectivity index (χ3v) is 4.72. The zero-order valence-corrected chi connectivity index (χ0v) is 13.6. The van der Waals surface area contributed by atoms with E-state index in [1.807, 2.05) is 0 Å². The number of benzene rings is 1. The molecule has 2 heterocycles. The molecule has 1 aromatic carbocycles. The number of hydrogen-bond acceptors (Lipinski definition) is 3. The second kappa shape index (κ2) is 6.99. The van der Waals surface area contributed by atoms with Crippen molar-refractivity contribution in [2.24, 2.45) is 0 Å². The van der Waals surface area contributed by atoms with Gasteiger partial charge in [-0.3, -0.25) is 4.90 Å². The Morgan fingerprint density at radius 1 is 1.43 bits per heavy atom. The van der Waals surface area contributed by atoms with Crippen LogP contribution in [0.4, 0.5) is 0 Å². The van der Waals surface area contributed by atoms with Crippen molar-refractivity contribution in [3.8, 4) is 5.75 Å². The molecular weight excluding hydrogens is 284 g/mol. The minimum absolute atomic E-state index is 0.634. The summed E-state index contributed by atoms with van der Waals surface area (Å²) in [6.45, 7) is 7.38. The second-order valence-corrected chi connectivity index (χ2v) is 6.56. The summed E-state index contributed by atoms with van der Waals surface area (Å²) in [6.07, 6.45) is 4.73. The molecule has 3 rings (SSSR count). The average molecular weight is 309 g/mol. The van der Waals surface area contributed by atoms with Gasteiger partial charge in [-0.05, 0) is 50.0 Å². The van der Waals surface area contributed by atoms with Crippen LogP contribution in [0.5, 0.6) is 5.75 Å². The molecule has 1 unspecified atom stereocenters. The highest BCUT2D eigenvalue weighted by atomic mass is 35.5. The van der Waals surface area contributed by atoms with Crippen molar-refractivity contribution in [2.75, 3.05) is 26.2 Å². The highest BCUT2D eigenvalue weighted by molar-refractivity contribution is 6.30. The number of hydrogen-bond donors (Lipinski definition) is 1. The zero-order chi connectivity index (χ0) is 14.7. The molecule has 0 saturated carbocycles. The van der Waals surface area contributed by atoms with Crippen molar-refractivity contribution in [3.63, 3.8) is 0 Å². The number of fused-ring (bicyclic) bond motifs is 1. The molecule has 1 N–H and O–H groups in total. The van der Waals surface area contributed by atoms with Gasteiger partial charge in [-0.2, -0.15) is 0 Å². The van der Waals surface area contributed by atoms with E-state index in [1.54, 1.807) is 0 Å². The number of ether oxygens (including phenoxy) is 1. The molecular formula is C17H25ClN2O. The van der Waals surface area contributed by atoms with Crippen LogP contribution in [0.15, 0.2) is 12.1 Å². The molecule has 0 spiro atoms. The maximum absolute atomic E-state index is 6.29. The first-order valence-electron chi connectivity index (χ1n) is 8.16. The maximum Gasteiger partial charge on any atom is 0.127 e. The third-order valence-electron chi connectivity index (χ3n) is 4.50. The third kappa shape index (κ3) is 3.53. The molecule has 2 aliphatic rings. The van der Waals surface area contributed by atoms with Crippen LogP contribution in [0.2, 0.25) is 5.02 Å². The molecule has 21 heavy (non-hydrogen) atoms. The lowest BCUT2D eigenvalue weighted by Gasteiger charge is -2.35. The van der Waals surface area contributed by atoms with Crippen molar-refractivity contribution in [2.45, 2.75) is 45.2 Å². The minimum atomic E-state index is 0.634. The Labute approximate surface area is 132 Å². The van der Waals surface area contributed by atoms with E-state index in [2.05, 4.69) is 29.3 Å². The number of nitrogens with zero attached hydrogens (tertiary/aromatic N) is 1. The summed E-state index contributed by atoms with van der Waals surface area (Å²) in [5.41, 5.74) is 2.53. The molecule has 1 fully saturated rings. The lowest BCUT2D eigenvalue weighted by atomic mass is 10.0. The lowest BCUT2D eigenvalue weighted by Crippen LogP contribution is -2.45. The Bertz CT molecular complexity index is 486. The van der Waals surface area contributed by atoms with E-state index in [9.17, 15) is 0 Å². The Morgan fingerprint density at radius 2 is 2.33 bits per heavy atom. The Kier molecular flexibility index (Phi) is 5.04. The van der Waals surface area contributed by atoms with Crippen molar-refractivity contribution in [1.29, 1.82) is 0 Å².